The minimum absolute atomic E-state index is 0.0813. The SMILES string of the molecule is COc1ccccc1CNCC(C)(C)CO. The molecule has 0 unspecified atom stereocenters. The lowest BCUT2D eigenvalue weighted by molar-refractivity contribution is 0.156. The number of benzene rings is 1. The number of nitrogens with one attached hydrogen (secondary N) is 1. The largest absolute Gasteiger partial charge is 0.496 e. The Balaban J connectivity index is 2.49. The topological polar surface area (TPSA) is 41.5 Å². The number of hydrogen-bond acceptors (Lipinski definition) is 3. The molecule has 1 rings (SSSR count). The van der Waals surface area contributed by atoms with Crippen molar-refractivity contribution in [1.82, 2.24) is 5.32 Å². The second kappa shape index (κ2) is 5.87. The fourth-order valence-electron chi connectivity index (χ4n) is 1.44. The third-order valence-electron chi connectivity index (χ3n) is 2.54. The number of para-hydroxylation sites is 1. The molecule has 0 aliphatic rings. The Labute approximate surface area is 97.4 Å². The molecule has 0 spiro atoms. The second-order valence-corrected chi connectivity index (χ2v) is 4.74. The molecule has 0 aliphatic heterocycles. The summed E-state index contributed by atoms with van der Waals surface area (Å²) in [5, 5.41) is 12.5. The molecule has 0 heterocycles. The van der Waals surface area contributed by atoms with E-state index in [0.717, 1.165) is 24.4 Å². The van der Waals surface area contributed by atoms with E-state index < -0.39 is 0 Å². The zero-order valence-electron chi connectivity index (χ0n) is 10.3. The van der Waals surface area contributed by atoms with Gasteiger partial charge in [0, 0.05) is 30.7 Å². The smallest absolute Gasteiger partial charge is 0.123 e. The molecule has 0 radical (unpaired) electrons. The van der Waals surface area contributed by atoms with Crippen molar-refractivity contribution in [3.63, 3.8) is 0 Å². The molecule has 90 valence electrons. The lowest BCUT2D eigenvalue weighted by Crippen LogP contribution is -2.31. The van der Waals surface area contributed by atoms with Gasteiger partial charge in [-0.3, -0.25) is 0 Å². The summed E-state index contributed by atoms with van der Waals surface area (Å²) in [5.74, 6) is 0.900. The van der Waals surface area contributed by atoms with E-state index in [1.807, 2.05) is 38.1 Å². The normalized spacial score (nSPS) is 11.5. The predicted molar refractivity (Wildman–Crippen MR) is 65.6 cm³/mol. The molecule has 1 aromatic rings. The van der Waals surface area contributed by atoms with Crippen LogP contribution in [-0.4, -0.2) is 25.4 Å². The Kier molecular flexibility index (Phi) is 4.77. The third-order valence-corrected chi connectivity index (χ3v) is 2.54. The standard InChI is InChI=1S/C13H21NO2/c1-13(2,10-15)9-14-8-11-6-4-5-7-12(11)16-3/h4-7,14-15H,8-10H2,1-3H3. The molecular formula is C13H21NO2. The summed E-state index contributed by atoms with van der Waals surface area (Å²) < 4.78 is 5.26. The van der Waals surface area contributed by atoms with Gasteiger partial charge in [0.1, 0.15) is 5.75 Å². The van der Waals surface area contributed by atoms with Crippen LogP contribution in [-0.2, 0) is 6.54 Å². The predicted octanol–water partition coefficient (Wildman–Crippen LogP) is 1.80. The fourth-order valence-corrected chi connectivity index (χ4v) is 1.44. The van der Waals surface area contributed by atoms with E-state index >= 15 is 0 Å². The van der Waals surface area contributed by atoms with E-state index in [0.29, 0.717) is 0 Å². The van der Waals surface area contributed by atoms with Gasteiger partial charge >= 0.3 is 0 Å². The van der Waals surface area contributed by atoms with Crippen molar-refractivity contribution < 1.29 is 9.84 Å². The Morgan fingerprint density at radius 3 is 2.62 bits per heavy atom. The van der Waals surface area contributed by atoms with Crippen molar-refractivity contribution >= 4 is 0 Å². The minimum atomic E-state index is -0.0813. The molecule has 0 aliphatic carbocycles. The first-order valence-corrected chi connectivity index (χ1v) is 5.52. The average molecular weight is 223 g/mol. The van der Waals surface area contributed by atoms with Gasteiger partial charge in [0.2, 0.25) is 0 Å². The molecule has 0 fully saturated rings. The Morgan fingerprint density at radius 1 is 1.31 bits per heavy atom. The number of ether oxygens (including phenoxy) is 1. The molecule has 3 heteroatoms. The van der Waals surface area contributed by atoms with Crippen LogP contribution in [0, 0.1) is 5.41 Å². The van der Waals surface area contributed by atoms with E-state index in [1.54, 1.807) is 7.11 Å². The Hall–Kier alpha value is -1.06. The van der Waals surface area contributed by atoms with E-state index in [1.165, 1.54) is 0 Å². The highest BCUT2D eigenvalue weighted by atomic mass is 16.5. The number of rotatable bonds is 6. The highest BCUT2D eigenvalue weighted by molar-refractivity contribution is 5.32. The molecule has 2 N–H and O–H groups in total. The quantitative estimate of drug-likeness (QED) is 0.772. The van der Waals surface area contributed by atoms with Gasteiger partial charge in [0.05, 0.1) is 7.11 Å². The first-order valence-electron chi connectivity index (χ1n) is 5.52. The summed E-state index contributed by atoms with van der Waals surface area (Å²) in [7, 11) is 1.68. The van der Waals surface area contributed by atoms with Crippen LogP contribution < -0.4 is 10.1 Å². The van der Waals surface area contributed by atoms with Crippen LogP contribution in [0.1, 0.15) is 19.4 Å². The molecule has 0 amide bonds. The van der Waals surface area contributed by atoms with Crippen molar-refractivity contribution in [2.75, 3.05) is 20.3 Å². The van der Waals surface area contributed by atoms with E-state index in [9.17, 15) is 0 Å². The number of aliphatic hydroxyl groups is 1. The Morgan fingerprint density at radius 2 is 2.00 bits per heavy atom. The molecule has 0 saturated carbocycles. The lowest BCUT2D eigenvalue weighted by Gasteiger charge is -2.22. The van der Waals surface area contributed by atoms with Crippen molar-refractivity contribution in [2.24, 2.45) is 5.41 Å². The molecule has 16 heavy (non-hydrogen) atoms. The Bertz CT molecular complexity index is 323. The molecule has 3 nitrogen and oxygen atoms in total. The summed E-state index contributed by atoms with van der Waals surface area (Å²) in [6.45, 7) is 5.78. The van der Waals surface area contributed by atoms with Crippen molar-refractivity contribution in [3.05, 3.63) is 29.8 Å². The van der Waals surface area contributed by atoms with Gasteiger partial charge in [0.15, 0.2) is 0 Å². The van der Waals surface area contributed by atoms with Gasteiger partial charge in [-0.1, -0.05) is 32.0 Å². The van der Waals surface area contributed by atoms with Gasteiger partial charge < -0.3 is 15.2 Å². The maximum absolute atomic E-state index is 9.13. The van der Waals surface area contributed by atoms with Crippen LogP contribution in [0.4, 0.5) is 0 Å². The minimum Gasteiger partial charge on any atom is -0.496 e. The van der Waals surface area contributed by atoms with E-state index in [4.69, 9.17) is 9.84 Å². The first-order chi connectivity index (χ1) is 7.59. The highest BCUT2D eigenvalue weighted by Crippen LogP contribution is 2.17. The number of hydrogen-bond donors (Lipinski definition) is 2. The summed E-state index contributed by atoms with van der Waals surface area (Å²) in [6.07, 6.45) is 0. The zero-order chi connectivity index (χ0) is 12.0. The molecule has 0 aromatic heterocycles. The van der Waals surface area contributed by atoms with Gasteiger partial charge in [-0.2, -0.15) is 0 Å². The molecule has 1 aromatic carbocycles. The summed E-state index contributed by atoms with van der Waals surface area (Å²) >= 11 is 0. The van der Waals surface area contributed by atoms with Crippen LogP contribution in [0.25, 0.3) is 0 Å². The second-order valence-electron chi connectivity index (χ2n) is 4.74. The first kappa shape index (κ1) is 13.0. The van der Waals surface area contributed by atoms with Gasteiger partial charge in [-0.05, 0) is 6.07 Å². The van der Waals surface area contributed by atoms with Crippen molar-refractivity contribution in [1.29, 1.82) is 0 Å². The monoisotopic (exact) mass is 223 g/mol. The van der Waals surface area contributed by atoms with Crippen molar-refractivity contribution in [3.8, 4) is 5.75 Å². The van der Waals surface area contributed by atoms with Gasteiger partial charge in [-0.25, -0.2) is 0 Å². The van der Waals surface area contributed by atoms with Gasteiger partial charge in [0.25, 0.3) is 0 Å². The molecular weight excluding hydrogens is 202 g/mol. The lowest BCUT2D eigenvalue weighted by atomic mass is 9.95. The van der Waals surface area contributed by atoms with E-state index in [-0.39, 0.29) is 12.0 Å². The van der Waals surface area contributed by atoms with Crippen LogP contribution in [0.5, 0.6) is 5.75 Å². The van der Waals surface area contributed by atoms with Crippen LogP contribution in [0.15, 0.2) is 24.3 Å². The molecule has 0 atom stereocenters. The zero-order valence-corrected chi connectivity index (χ0v) is 10.3. The summed E-state index contributed by atoms with van der Waals surface area (Å²) in [5.41, 5.74) is 1.06. The van der Waals surface area contributed by atoms with Crippen LogP contribution >= 0.6 is 0 Å². The molecule has 0 bridgehead atoms. The van der Waals surface area contributed by atoms with Gasteiger partial charge in [-0.15, -0.1) is 0 Å². The van der Waals surface area contributed by atoms with Crippen molar-refractivity contribution in [2.45, 2.75) is 20.4 Å². The van der Waals surface area contributed by atoms with Crippen LogP contribution in [0.2, 0.25) is 0 Å². The maximum Gasteiger partial charge on any atom is 0.123 e. The molecule has 0 saturated heterocycles. The fraction of sp³-hybridized carbons (Fsp3) is 0.538. The maximum atomic E-state index is 9.13. The number of aliphatic hydroxyl groups excluding tert-OH is 1. The van der Waals surface area contributed by atoms with Crippen LogP contribution in [0.3, 0.4) is 0 Å². The third kappa shape index (κ3) is 3.83. The summed E-state index contributed by atoms with van der Waals surface area (Å²) in [4.78, 5) is 0. The highest BCUT2D eigenvalue weighted by Gasteiger charge is 2.15. The average Bonchev–Trinajstić information content (AvgIpc) is 2.29. The summed E-state index contributed by atoms with van der Waals surface area (Å²) in [6, 6.07) is 7.95. The number of methoxy groups -OCH3 is 1. The van der Waals surface area contributed by atoms with E-state index in [2.05, 4.69) is 5.32 Å².